The number of hydrogen-bond donors (Lipinski definition) is 3. The van der Waals surface area contributed by atoms with E-state index >= 15 is 0 Å². The number of anilines is 1. The first kappa shape index (κ1) is 23.8. The quantitative estimate of drug-likeness (QED) is 0.291. The molecule has 2 aliphatic carbocycles. The highest BCUT2D eigenvalue weighted by Gasteiger charge is 2.41. The number of fused-ring (bicyclic) bond motifs is 2. The van der Waals surface area contributed by atoms with Gasteiger partial charge in [0.15, 0.2) is 0 Å². The lowest BCUT2D eigenvalue weighted by atomic mass is 9.85. The summed E-state index contributed by atoms with van der Waals surface area (Å²) in [6.07, 6.45) is 16.2. The Bertz CT molecular complexity index is 1660. The molecule has 0 fully saturated rings. The number of imide groups is 1. The fraction of sp³-hybridized carbons (Fsp3) is 0.188. The van der Waals surface area contributed by atoms with Gasteiger partial charge in [-0.15, -0.1) is 0 Å². The number of rotatable bonds is 5. The molecule has 0 bridgehead atoms. The smallest absolute Gasteiger partial charge is 0.259 e. The highest BCUT2D eigenvalue weighted by atomic mass is 35.5. The molecule has 4 aliphatic rings. The lowest BCUT2D eigenvalue weighted by Crippen LogP contribution is -2.27. The largest absolute Gasteiger partial charge is 0.383 e. The van der Waals surface area contributed by atoms with Crippen LogP contribution in [0.25, 0.3) is 16.5 Å². The maximum Gasteiger partial charge on any atom is 0.259 e. The standard InChI is InChI=1S/C32H27ClN4O2/c33-30-27(29-28(31(38)36-32(29)39)24-18-34-25-12-6-4-10-22(24)25)23-11-5-7-13-26(23)37(30)21-16-14-20(15-17-21)35-19-8-2-1-3-9-19/h1-14,16,18,20-22,25,34-35H,15,17H2,(H,36,38,39)/t20-,21?,22?,25?/m0/s1. The van der Waals surface area contributed by atoms with Crippen molar-refractivity contribution in [1.29, 1.82) is 0 Å². The molecule has 3 unspecified atom stereocenters. The number of carbonyl (C=O) groups is 2. The number of para-hydroxylation sites is 2. The number of benzene rings is 2. The van der Waals surface area contributed by atoms with Crippen LogP contribution in [0.1, 0.15) is 24.4 Å². The Labute approximate surface area is 231 Å². The van der Waals surface area contributed by atoms with Crippen molar-refractivity contribution in [3.63, 3.8) is 0 Å². The normalized spacial score (nSPS) is 25.6. The Balaban J connectivity index is 1.31. The zero-order valence-corrected chi connectivity index (χ0v) is 21.9. The van der Waals surface area contributed by atoms with E-state index in [2.05, 4.69) is 57.0 Å². The van der Waals surface area contributed by atoms with E-state index in [1.54, 1.807) is 0 Å². The minimum atomic E-state index is -0.411. The van der Waals surface area contributed by atoms with Gasteiger partial charge < -0.3 is 15.2 Å². The van der Waals surface area contributed by atoms with E-state index in [1.165, 1.54) is 0 Å². The van der Waals surface area contributed by atoms with Crippen molar-refractivity contribution in [3.05, 3.63) is 119 Å². The van der Waals surface area contributed by atoms with Crippen LogP contribution in [0.15, 0.2) is 108 Å². The summed E-state index contributed by atoms with van der Waals surface area (Å²) in [7, 11) is 0. The van der Waals surface area contributed by atoms with E-state index in [1.807, 2.05) is 60.8 Å². The molecular weight excluding hydrogens is 508 g/mol. The van der Waals surface area contributed by atoms with Gasteiger partial charge in [-0.25, -0.2) is 0 Å². The molecule has 2 aliphatic heterocycles. The van der Waals surface area contributed by atoms with E-state index in [9.17, 15) is 9.59 Å². The van der Waals surface area contributed by atoms with Crippen molar-refractivity contribution >= 4 is 45.6 Å². The second-order valence-corrected chi connectivity index (χ2v) is 10.7. The maximum absolute atomic E-state index is 13.4. The average molecular weight is 535 g/mol. The molecule has 39 heavy (non-hydrogen) atoms. The second kappa shape index (κ2) is 9.47. The molecule has 0 spiro atoms. The van der Waals surface area contributed by atoms with Gasteiger partial charge in [0.2, 0.25) is 0 Å². The third-order valence-electron chi connectivity index (χ3n) is 8.04. The number of allylic oxidation sites excluding steroid dienone is 3. The molecule has 6 nitrogen and oxygen atoms in total. The van der Waals surface area contributed by atoms with Crippen molar-refractivity contribution in [2.45, 2.75) is 31.0 Å². The van der Waals surface area contributed by atoms with Crippen LogP contribution in [0, 0.1) is 5.92 Å². The molecule has 3 heterocycles. The fourth-order valence-electron chi connectivity index (χ4n) is 6.24. The Morgan fingerprint density at radius 1 is 0.846 bits per heavy atom. The molecule has 4 atom stereocenters. The second-order valence-electron chi connectivity index (χ2n) is 10.3. The fourth-order valence-corrected chi connectivity index (χ4v) is 6.65. The zero-order valence-electron chi connectivity index (χ0n) is 21.1. The van der Waals surface area contributed by atoms with Crippen molar-refractivity contribution in [2.75, 3.05) is 5.32 Å². The van der Waals surface area contributed by atoms with Gasteiger partial charge in [-0.05, 0) is 36.6 Å². The summed E-state index contributed by atoms with van der Waals surface area (Å²) >= 11 is 7.18. The van der Waals surface area contributed by atoms with Gasteiger partial charge in [0.05, 0.1) is 28.7 Å². The molecule has 1 aromatic heterocycles. The number of halogens is 1. The summed E-state index contributed by atoms with van der Waals surface area (Å²) in [6, 6.07) is 18.4. The van der Waals surface area contributed by atoms with Crippen molar-refractivity contribution in [1.82, 2.24) is 15.2 Å². The molecule has 2 aromatic carbocycles. The maximum atomic E-state index is 13.4. The van der Waals surface area contributed by atoms with Gasteiger partial charge in [0.1, 0.15) is 5.15 Å². The monoisotopic (exact) mass is 534 g/mol. The minimum Gasteiger partial charge on any atom is -0.383 e. The van der Waals surface area contributed by atoms with Crippen LogP contribution in [-0.2, 0) is 9.59 Å². The van der Waals surface area contributed by atoms with Crippen LogP contribution in [-0.4, -0.2) is 28.5 Å². The third kappa shape index (κ3) is 3.94. The van der Waals surface area contributed by atoms with E-state index in [0.717, 1.165) is 35.0 Å². The first-order valence-corrected chi connectivity index (χ1v) is 13.7. The van der Waals surface area contributed by atoms with Crippen molar-refractivity contribution in [2.24, 2.45) is 5.92 Å². The van der Waals surface area contributed by atoms with Crippen LogP contribution >= 0.6 is 11.6 Å². The SMILES string of the molecule is O=C1NC(=O)C(c2c(Cl)n(C3C=C[C@H](Nc4ccccc4)CC3)c3ccccc23)=C1C1=CNC2C=CC=CC12. The summed E-state index contributed by atoms with van der Waals surface area (Å²) < 4.78 is 2.11. The highest BCUT2D eigenvalue weighted by Crippen LogP contribution is 2.44. The van der Waals surface area contributed by atoms with E-state index in [0.29, 0.717) is 21.9 Å². The molecule has 3 N–H and O–H groups in total. The molecular formula is C32H27ClN4O2. The first-order valence-electron chi connectivity index (χ1n) is 13.3. The average Bonchev–Trinajstić information content (AvgIpc) is 3.60. The molecule has 0 radical (unpaired) electrons. The first-order chi connectivity index (χ1) is 19.1. The Hall–Kier alpha value is -4.29. The predicted molar refractivity (Wildman–Crippen MR) is 155 cm³/mol. The Morgan fingerprint density at radius 2 is 1.62 bits per heavy atom. The summed E-state index contributed by atoms with van der Waals surface area (Å²) in [6.45, 7) is 0. The van der Waals surface area contributed by atoms with Crippen LogP contribution in [0.5, 0.6) is 0 Å². The lowest BCUT2D eigenvalue weighted by molar-refractivity contribution is -0.123. The van der Waals surface area contributed by atoms with E-state index < -0.39 is 5.91 Å². The van der Waals surface area contributed by atoms with Gasteiger partial charge >= 0.3 is 0 Å². The molecule has 0 saturated carbocycles. The zero-order chi connectivity index (χ0) is 26.5. The molecule has 0 saturated heterocycles. The van der Waals surface area contributed by atoms with Gasteiger partial charge in [-0.3, -0.25) is 14.9 Å². The van der Waals surface area contributed by atoms with Gasteiger partial charge in [-0.1, -0.05) is 84.5 Å². The highest BCUT2D eigenvalue weighted by molar-refractivity contribution is 6.43. The number of nitrogens with one attached hydrogen (secondary N) is 3. The topological polar surface area (TPSA) is 75.2 Å². The Morgan fingerprint density at radius 3 is 2.44 bits per heavy atom. The van der Waals surface area contributed by atoms with Crippen LogP contribution in [0.2, 0.25) is 5.15 Å². The van der Waals surface area contributed by atoms with Crippen molar-refractivity contribution in [3.8, 4) is 0 Å². The molecule has 7 heteroatoms. The Kier molecular flexibility index (Phi) is 5.78. The summed E-state index contributed by atoms with van der Waals surface area (Å²) in [5.41, 5.74) is 4.20. The number of carbonyl (C=O) groups excluding carboxylic acids is 2. The van der Waals surface area contributed by atoms with Gasteiger partial charge in [-0.2, -0.15) is 0 Å². The van der Waals surface area contributed by atoms with Gasteiger partial charge in [0, 0.05) is 34.8 Å². The third-order valence-corrected chi connectivity index (χ3v) is 8.41. The number of amides is 2. The minimum absolute atomic E-state index is 0.0253. The van der Waals surface area contributed by atoms with E-state index in [-0.39, 0.29) is 30.0 Å². The number of nitrogens with zero attached hydrogens (tertiary/aromatic N) is 1. The van der Waals surface area contributed by atoms with Gasteiger partial charge in [0.25, 0.3) is 11.8 Å². The molecule has 194 valence electrons. The predicted octanol–water partition coefficient (Wildman–Crippen LogP) is 5.67. The summed E-state index contributed by atoms with van der Waals surface area (Å²) in [4.78, 5) is 26.6. The number of aromatic nitrogens is 1. The number of hydrogen-bond acceptors (Lipinski definition) is 4. The van der Waals surface area contributed by atoms with E-state index in [4.69, 9.17) is 11.6 Å². The van der Waals surface area contributed by atoms with Crippen LogP contribution in [0.3, 0.4) is 0 Å². The van der Waals surface area contributed by atoms with Crippen LogP contribution in [0.4, 0.5) is 5.69 Å². The molecule has 7 rings (SSSR count). The van der Waals surface area contributed by atoms with Crippen molar-refractivity contribution < 1.29 is 9.59 Å². The summed E-state index contributed by atoms with van der Waals surface area (Å²) in [5, 5.41) is 10.8. The van der Waals surface area contributed by atoms with Crippen LogP contribution < -0.4 is 16.0 Å². The molecule has 2 amide bonds. The summed E-state index contributed by atoms with van der Waals surface area (Å²) in [5.74, 6) is -0.822. The lowest BCUT2D eigenvalue weighted by Gasteiger charge is -2.26. The molecule has 3 aromatic rings.